The van der Waals surface area contributed by atoms with Crippen molar-refractivity contribution in [2.75, 3.05) is 6.54 Å². The third kappa shape index (κ3) is 8.55. The molecule has 5 atom stereocenters. The van der Waals surface area contributed by atoms with Gasteiger partial charge in [-0.05, 0) is 95.8 Å². The normalized spacial score (nSPS) is 26.8. The molecule has 2 aromatic carbocycles. The van der Waals surface area contributed by atoms with Gasteiger partial charge in [-0.25, -0.2) is 18.2 Å². The zero-order chi connectivity index (χ0) is 42.5. The maximum absolute atomic E-state index is 14.8. The minimum atomic E-state index is -3.91. The first kappa shape index (κ1) is 40.9. The molecule has 3 N–H and O–H groups in total. The Morgan fingerprint density at radius 2 is 1.66 bits per heavy atom. The van der Waals surface area contributed by atoms with Crippen molar-refractivity contribution < 1.29 is 37.1 Å². The van der Waals surface area contributed by atoms with Crippen molar-refractivity contribution in [2.45, 2.75) is 132 Å². The number of fused-ring (bicyclic) bond motifs is 5. The molecule has 2 aliphatic heterocycles. The molecule has 4 heterocycles. The summed E-state index contributed by atoms with van der Waals surface area (Å²) in [6.45, 7) is 3.98. The first-order valence-electron chi connectivity index (χ1n) is 21.7. The monoisotopic (exact) mass is 851 g/mol. The van der Waals surface area contributed by atoms with Gasteiger partial charge in [0.05, 0.1) is 23.0 Å². The van der Waals surface area contributed by atoms with Crippen LogP contribution in [0.4, 0.5) is 4.79 Å². The Bertz CT molecular complexity index is 2510. The SMILES string of the molecule is Cc1ccc(-c2cc(O[C@@H]3C[C@H]4C(=O)N[C@]5(C(=O)NS(=O)(=O)C6CC6)C[C@H]5/C=C\CCCCC[C@H](NC(=O)OC5CCCC5)C(=O)N4C3)n3nc4cc(C)ccc4c3n2)cc1. The van der Waals surface area contributed by atoms with E-state index in [-0.39, 0.29) is 25.5 Å². The van der Waals surface area contributed by atoms with E-state index in [0.717, 1.165) is 66.1 Å². The second kappa shape index (κ2) is 16.4. The number of nitrogens with zero attached hydrogens (tertiary/aromatic N) is 4. The molecule has 61 heavy (non-hydrogen) atoms. The maximum atomic E-state index is 14.8. The standard InChI is InChI=1S/C45H53N7O8S/c1-27-14-17-29(18-15-27)36-24-39(52-40(46-36)34-21-16-28(2)22-37(34)49-52)59-32-23-38-41(53)48-45(43(55)50-61(57,58)33-19-20-33)25-30(45)10-6-4-3-5-7-13-35(42(54)51(38)26-32)47-44(56)60-31-11-8-9-12-31/h6,10,14-18,21-22,24,30-33,35,38H,3-5,7-9,11-13,19-20,23,25-26H2,1-2H3,(H,47,56)(H,48,53)(H,50,55)/b10-6-/t30-,32-,35+,38+,45-/m1/s1. The van der Waals surface area contributed by atoms with E-state index >= 15 is 0 Å². The molecule has 0 bridgehead atoms. The van der Waals surface area contributed by atoms with Gasteiger partial charge in [0.15, 0.2) is 5.65 Å². The summed E-state index contributed by atoms with van der Waals surface area (Å²) in [5.41, 5.74) is 3.44. The Hall–Kier alpha value is -5.51. The molecule has 4 fully saturated rings. The number of hydrogen-bond acceptors (Lipinski definition) is 10. The number of hydrogen-bond donors (Lipinski definition) is 3. The quantitative estimate of drug-likeness (QED) is 0.190. The minimum Gasteiger partial charge on any atom is -0.472 e. The smallest absolute Gasteiger partial charge is 0.408 e. The fraction of sp³-hybridized carbons (Fsp3) is 0.511. The topological polar surface area (TPSA) is 190 Å². The average molecular weight is 852 g/mol. The number of sulfonamides is 1. The highest BCUT2D eigenvalue weighted by atomic mass is 32.2. The van der Waals surface area contributed by atoms with Crippen molar-refractivity contribution in [1.29, 1.82) is 0 Å². The predicted octanol–water partition coefficient (Wildman–Crippen LogP) is 5.56. The van der Waals surface area contributed by atoms with Gasteiger partial charge < -0.3 is 25.0 Å². The highest BCUT2D eigenvalue weighted by Gasteiger charge is 2.62. The van der Waals surface area contributed by atoms with Gasteiger partial charge in [-0.15, -0.1) is 0 Å². The van der Waals surface area contributed by atoms with E-state index in [1.165, 1.54) is 4.90 Å². The van der Waals surface area contributed by atoms with E-state index in [4.69, 9.17) is 19.6 Å². The van der Waals surface area contributed by atoms with Gasteiger partial charge in [-0.2, -0.15) is 9.61 Å². The van der Waals surface area contributed by atoms with E-state index in [9.17, 15) is 27.6 Å². The Morgan fingerprint density at radius 3 is 2.43 bits per heavy atom. The van der Waals surface area contributed by atoms with Gasteiger partial charge in [-0.1, -0.05) is 60.9 Å². The summed E-state index contributed by atoms with van der Waals surface area (Å²) in [7, 11) is -3.91. The lowest BCUT2D eigenvalue weighted by atomic mass is 10.0. The van der Waals surface area contributed by atoms with Crippen molar-refractivity contribution in [1.82, 2.24) is 34.9 Å². The van der Waals surface area contributed by atoms with Gasteiger partial charge >= 0.3 is 6.09 Å². The van der Waals surface area contributed by atoms with Gasteiger partial charge in [0.1, 0.15) is 29.8 Å². The van der Waals surface area contributed by atoms with Crippen LogP contribution in [-0.2, 0) is 29.1 Å². The van der Waals surface area contributed by atoms with Crippen LogP contribution in [0.2, 0.25) is 0 Å². The first-order valence-corrected chi connectivity index (χ1v) is 23.3. The molecule has 2 aromatic heterocycles. The van der Waals surface area contributed by atoms with Crippen LogP contribution in [0, 0.1) is 19.8 Å². The number of ether oxygens (including phenoxy) is 2. The number of rotatable bonds is 8. The van der Waals surface area contributed by atoms with Crippen LogP contribution in [0.15, 0.2) is 60.7 Å². The van der Waals surface area contributed by atoms with Crippen molar-refractivity contribution in [3.8, 4) is 17.1 Å². The van der Waals surface area contributed by atoms with Gasteiger partial charge in [0, 0.05) is 29.4 Å². The van der Waals surface area contributed by atoms with Crippen LogP contribution >= 0.6 is 0 Å². The molecule has 15 nitrogen and oxygen atoms in total. The first-order chi connectivity index (χ1) is 29.4. The number of allylic oxidation sites excluding steroid dienone is 1. The minimum absolute atomic E-state index is 0.0189. The molecular weight excluding hydrogens is 799 g/mol. The Balaban J connectivity index is 1.06. The molecule has 16 heteroatoms. The third-order valence-electron chi connectivity index (χ3n) is 12.8. The van der Waals surface area contributed by atoms with Crippen molar-refractivity contribution in [3.63, 3.8) is 0 Å². The van der Waals surface area contributed by atoms with E-state index in [1.807, 2.05) is 68.5 Å². The fourth-order valence-electron chi connectivity index (χ4n) is 9.08. The lowest BCUT2D eigenvalue weighted by Crippen LogP contribution is -2.58. The second-order valence-corrected chi connectivity index (χ2v) is 19.6. The number of benzene rings is 2. The number of nitrogens with one attached hydrogen (secondary N) is 3. The highest BCUT2D eigenvalue weighted by molar-refractivity contribution is 7.91. The lowest BCUT2D eigenvalue weighted by Gasteiger charge is -2.30. The number of aromatic nitrogens is 3. The van der Waals surface area contributed by atoms with Crippen LogP contribution in [0.3, 0.4) is 0 Å². The van der Waals surface area contributed by atoms with Gasteiger partial charge in [-0.3, -0.25) is 19.1 Å². The zero-order valence-electron chi connectivity index (χ0n) is 34.6. The van der Waals surface area contributed by atoms with Crippen molar-refractivity contribution in [2.24, 2.45) is 5.92 Å². The van der Waals surface area contributed by atoms with Crippen LogP contribution in [0.5, 0.6) is 5.88 Å². The summed E-state index contributed by atoms with van der Waals surface area (Å²) in [4.78, 5) is 63.1. The predicted molar refractivity (Wildman–Crippen MR) is 227 cm³/mol. The highest BCUT2D eigenvalue weighted by Crippen LogP contribution is 2.46. The summed E-state index contributed by atoms with van der Waals surface area (Å²) in [5.74, 6) is -1.94. The molecule has 5 aliphatic rings. The molecular formula is C45H53N7O8S. The lowest BCUT2D eigenvalue weighted by molar-refractivity contribution is -0.141. The van der Waals surface area contributed by atoms with Gasteiger partial charge in [0.25, 0.3) is 5.91 Å². The molecule has 3 saturated carbocycles. The van der Waals surface area contributed by atoms with E-state index in [2.05, 4.69) is 15.4 Å². The summed E-state index contributed by atoms with van der Waals surface area (Å²) in [5, 5.41) is 10.8. The third-order valence-corrected chi connectivity index (χ3v) is 14.7. The van der Waals surface area contributed by atoms with Crippen LogP contribution < -0.4 is 20.1 Å². The number of aryl methyl sites for hydroxylation is 2. The molecule has 322 valence electrons. The number of carbonyl (C=O) groups excluding carboxylic acids is 4. The molecule has 0 radical (unpaired) electrons. The summed E-state index contributed by atoms with van der Waals surface area (Å²) >= 11 is 0. The molecule has 9 rings (SSSR count). The average Bonchev–Trinajstić information content (AvgIpc) is 4.04. The number of amides is 4. The van der Waals surface area contributed by atoms with Crippen molar-refractivity contribution in [3.05, 3.63) is 71.8 Å². The van der Waals surface area contributed by atoms with Crippen LogP contribution in [0.25, 0.3) is 27.8 Å². The van der Waals surface area contributed by atoms with E-state index in [0.29, 0.717) is 49.3 Å². The Morgan fingerprint density at radius 1 is 0.902 bits per heavy atom. The summed E-state index contributed by atoms with van der Waals surface area (Å²) < 4.78 is 42.4. The fourth-order valence-corrected chi connectivity index (χ4v) is 10.4. The second-order valence-electron chi connectivity index (χ2n) is 17.6. The van der Waals surface area contributed by atoms with E-state index in [1.54, 1.807) is 10.6 Å². The largest absolute Gasteiger partial charge is 0.472 e. The maximum Gasteiger partial charge on any atom is 0.408 e. The molecule has 4 aromatic rings. The molecule has 0 unspecified atom stereocenters. The van der Waals surface area contributed by atoms with Crippen LogP contribution in [-0.4, -0.2) is 93.4 Å². The Labute approximate surface area is 355 Å². The summed E-state index contributed by atoms with van der Waals surface area (Å²) in [6, 6.07) is 13.6. The molecule has 0 spiro atoms. The summed E-state index contributed by atoms with van der Waals surface area (Å²) in [6.07, 6.45) is 10.1. The number of carbonyl (C=O) groups is 4. The van der Waals surface area contributed by atoms with Crippen molar-refractivity contribution >= 4 is 50.4 Å². The Kier molecular flexibility index (Phi) is 11.0. The number of alkyl carbamates (subject to hydrolysis) is 1. The molecule has 4 amide bonds. The molecule has 1 saturated heterocycles. The zero-order valence-corrected chi connectivity index (χ0v) is 35.4. The molecule has 3 aliphatic carbocycles. The van der Waals surface area contributed by atoms with Gasteiger partial charge in [0.2, 0.25) is 27.7 Å². The van der Waals surface area contributed by atoms with E-state index < -0.39 is 68.7 Å². The van der Waals surface area contributed by atoms with Crippen LogP contribution in [0.1, 0.15) is 94.6 Å².